The monoisotopic (exact) mass is 290 g/mol. The van der Waals surface area contributed by atoms with E-state index in [1.165, 1.54) is 6.07 Å². The van der Waals surface area contributed by atoms with Crippen LogP contribution in [0.5, 0.6) is 5.88 Å². The molecule has 0 aliphatic rings. The van der Waals surface area contributed by atoms with Crippen LogP contribution in [0.15, 0.2) is 36.5 Å². The van der Waals surface area contributed by atoms with Crippen molar-refractivity contribution in [3.63, 3.8) is 0 Å². The number of nitrogens with two attached hydrogens (primary N) is 1. The molecule has 0 fully saturated rings. The van der Waals surface area contributed by atoms with Gasteiger partial charge in [-0.05, 0) is 25.0 Å². The summed E-state index contributed by atoms with van der Waals surface area (Å²) in [5, 5.41) is 9.89. The van der Waals surface area contributed by atoms with E-state index in [2.05, 4.69) is 9.72 Å². The van der Waals surface area contributed by atoms with Crippen molar-refractivity contribution in [2.24, 2.45) is 5.73 Å². The summed E-state index contributed by atoms with van der Waals surface area (Å²) in [7, 11) is 0. The topological polar surface area (TPSA) is 85.4 Å². The summed E-state index contributed by atoms with van der Waals surface area (Å²) in [5.74, 6) is -0.631. The number of primary amides is 1. The highest BCUT2D eigenvalue weighted by atomic mass is 19.1. The van der Waals surface area contributed by atoms with E-state index in [1.807, 2.05) is 0 Å². The Hall–Kier alpha value is -2.47. The van der Waals surface area contributed by atoms with Gasteiger partial charge in [0.05, 0.1) is 11.8 Å². The molecule has 21 heavy (non-hydrogen) atoms. The van der Waals surface area contributed by atoms with Gasteiger partial charge in [-0.3, -0.25) is 0 Å². The number of ether oxygens (including phenoxy) is 1. The Bertz CT molecular complexity index is 664. The number of rotatable bonds is 3. The van der Waals surface area contributed by atoms with E-state index >= 15 is 0 Å². The number of hydrogen-bond acceptors (Lipinski definition) is 4. The van der Waals surface area contributed by atoms with Crippen LogP contribution in [-0.4, -0.2) is 16.2 Å². The van der Waals surface area contributed by atoms with Crippen molar-refractivity contribution in [3.8, 4) is 17.0 Å². The first-order valence-electron chi connectivity index (χ1n) is 6.23. The van der Waals surface area contributed by atoms with Crippen LogP contribution in [0, 0.1) is 5.82 Å². The Balaban J connectivity index is 2.39. The van der Waals surface area contributed by atoms with Crippen LogP contribution in [0.3, 0.4) is 0 Å². The average molecular weight is 290 g/mol. The van der Waals surface area contributed by atoms with Crippen LogP contribution < -0.4 is 10.5 Å². The normalized spacial score (nSPS) is 11.2. The first kappa shape index (κ1) is 14.9. The molecule has 2 rings (SSSR count). The van der Waals surface area contributed by atoms with Crippen molar-refractivity contribution in [1.82, 2.24) is 4.98 Å². The second kappa shape index (κ2) is 5.49. The Morgan fingerprint density at radius 2 is 1.95 bits per heavy atom. The molecule has 0 unspecified atom stereocenters. The lowest BCUT2D eigenvalue weighted by atomic mass is 9.96. The van der Waals surface area contributed by atoms with Crippen LogP contribution in [0.25, 0.3) is 11.1 Å². The number of aliphatic hydroxyl groups is 1. The zero-order valence-corrected chi connectivity index (χ0v) is 11.6. The molecule has 110 valence electrons. The third kappa shape index (κ3) is 3.55. The maximum atomic E-state index is 13.8. The molecule has 0 bridgehead atoms. The lowest BCUT2D eigenvalue weighted by Crippen LogP contribution is -2.17. The molecule has 0 aliphatic carbocycles. The van der Waals surface area contributed by atoms with Crippen molar-refractivity contribution in [3.05, 3.63) is 47.9 Å². The second-order valence-electron chi connectivity index (χ2n) is 5.06. The fraction of sp³-hybridized carbons (Fsp3) is 0.200. The van der Waals surface area contributed by atoms with Crippen LogP contribution in [-0.2, 0) is 5.60 Å². The maximum Gasteiger partial charge on any atom is 0.411 e. The minimum absolute atomic E-state index is 0.0783. The Labute approximate surface area is 121 Å². The quantitative estimate of drug-likeness (QED) is 0.909. The fourth-order valence-electron chi connectivity index (χ4n) is 1.86. The zero-order valence-electron chi connectivity index (χ0n) is 11.6. The van der Waals surface area contributed by atoms with Crippen molar-refractivity contribution in [1.29, 1.82) is 0 Å². The standard InChI is InChI=1S/C15H15FN2O3/c1-15(2,20)10-5-3-9(4-6-10)11-7-13(21-14(17)19)18-8-12(11)16/h3-8,20H,1-2H3,(H2,17,19). The molecule has 0 radical (unpaired) electrons. The highest BCUT2D eigenvalue weighted by molar-refractivity contribution is 5.70. The number of pyridine rings is 1. The smallest absolute Gasteiger partial charge is 0.391 e. The Kier molecular flexibility index (Phi) is 3.90. The van der Waals surface area contributed by atoms with Gasteiger partial charge in [-0.2, -0.15) is 0 Å². The number of benzene rings is 1. The minimum Gasteiger partial charge on any atom is -0.391 e. The predicted octanol–water partition coefficient (Wildman–Crippen LogP) is 2.57. The number of halogens is 1. The summed E-state index contributed by atoms with van der Waals surface area (Å²) in [5.41, 5.74) is 5.42. The molecule has 0 spiro atoms. The van der Waals surface area contributed by atoms with E-state index in [1.54, 1.807) is 38.1 Å². The van der Waals surface area contributed by atoms with Gasteiger partial charge in [-0.1, -0.05) is 24.3 Å². The first-order chi connectivity index (χ1) is 9.77. The van der Waals surface area contributed by atoms with E-state index in [-0.39, 0.29) is 11.4 Å². The summed E-state index contributed by atoms with van der Waals surface area (Å²) in [6.45, 7) is 3.32. The molecular formula is C15H15FN2O3. The van der Waals surface area contributed by atoms with Crippen LogP contribution in [0.4, 0.5) is 9.18 Å². The zero-order chi connectivity index (χ0) is 15.6. The summed E-state index contributed by atoms with van der Waals surface area (Å²) in [6, 6.07) is 8.02. The number of nitrogens with zero attached hydrogens (tertiary/aromatic N) is 1. The van der Waals surface area contributed by atoms with E-state index < -0.39 is 17.5 Å². The summed E-state index contributed by atoms with van der Waals surface area (Å²) in [4.78, 5) is 14.3. The molecule has 2 aromatic rings. The van der Waals surface area contributed by atoms with Crippen molar-refractivity contribution in [2.45, 2.75) is 19.4 Å². The number of hydrogen-bond donors (Lipinski definition) is 2. The van der Waals surface area contributed by atoms with Gasteiger partial charge in [0.1, 0.15) is 5.82 Å². The summed E-state index contributed by atoms with van der Waals surface area (Å²) < 4.78 is 18.5. The van der Waals surface area contributed by atoms with Crippen molar-refractivity contribution in [2.75, 3.05) is 0 Å². The maximum absolute atomic E-state index is 13.8. The fourth-order valence-corrected chi connectivity index (χ4v) is 1.86. The molecule has 0 aliphatic heterocycles. The Morgan fingerprint density at radius 1 is 1.33 bits per heavy atom. The van der Waals surface area contributed by atoms with Gasteiger partial charge in [0.2, 0.25) is 5.88 Å². The molecule has 3 N–H and O–H groups in total. The van der Waals surface area contributed by atoms with Gasteiger partial charge in [0.25, 0.3) is 0 Å². The molecule has 6 heteroatoms. The van der Waals surface area contributed by atoms with Gasteiger partial charge in [-0.25, -0.2) is 14.2 Å². The van der Waals surface area contributed by atoms with E-state index in [0.717, 1.165) is 6.20 Å². The molecule has 1 aromatic carbocycles. The second-order valence-corrected chi connectivity index (χ2v) is 5.06. The number of carbonyl (C=O) groups excluding carboxylic acids is 1. The van der Waals surface area contributed by atoms with Gasteiger partial charge in [0, 0.05) is 11.6 Å². The lowest BCUT2D eigenvalue weighted by Gasteiger charge is -2.18. The van der Waals surface area contributed by atoms with E-state index in [0.29, 0.717) is 11.1 Å². The van der Waals surface area contributed by atoms with Crippen LogP contribution >= 0.6 is 0 Å². The van der Waals surface area contributed by atoms with E-state index in [4.69, 9.17) is 5.73 Å². The van der Waals surface area contributed by atoms with Gasteiger partial charge >= 0.3 is 6.09 Å². The molecule has 0 saturated heterocycles. The minimum atomic E-state index is -1.02. The average Bonchev–Trinajstić information content (AvgIpc) is 2.39. The van der Waals surface area contributed by atoms with Crippen molar-refractivity contribution < 1.29 is 19.0 Å². The molecule has 1 amide bonds. The van der Waals surface area contributed by atoms with Crippen LogP contribution in [0.2, 0.25) is 0 Å². The van der Waals surface area contributed by atoms with Crippen molar-refractivity contribution >= 4 is 6.09 Å². The third-order valence-corrected chi connectivity index (χ3v) is 2.94. The number of aromatic nitrogens is 1. The number of amides is 1. The largest absolute Gasteiger partial charge is 0.411 e. The highest BCUT2D eigenvalue weighted by Gasteiger charge is 2.16. The summed E-state index contributed by atoms with van der Waals surface area (Å²) in [6.07, 6.45) is -0.0604. The Morgan fingerprint density at radius 3 is 2.48 bits per heavy atom. The molecule has 5 nitrogen and oxygen atoms in total. The lowest BCUT2D eigenvalue weighted by molar-refractivity contribution is 0.0786. The molecule has 0 saturated carbocycles. The van der Waals surface area contributed by atoms with Gasteiger partial charge < -0.3 is 15.6 Å². The molecule has 0 atom stereocenters. The molecule has 1 aromatic heterocycles. The van der Waals surface area contributed by atoms with E-state index in [9.17, 15) is 14.3 Å². The molecular weight excluding hydrogens is 275 g/mol. The third-order valence-electron chi connectivity index (χ3n) is 2.94. The first-order valence-corrected chi connectivity index (χ1v) is 6.23. The highest BCUT2D eigenvalue weighted by Crippen LogP contribution is 2.28. The SMILES string of the molecule is CC(C)(O)c1ccc(-c2cc(OC(N)=O)ncc2F)cc1. The number of carbonyl (C=O) groups is 1. The molecule has 1 heterocycles. The van der Waals surface area contributed by atoms with Crippen LogP contribution in [0.1, 0.15) is 19.4 Å². The van der Waals surface area contributed by atoms with Gasteiger partial charge in [0.15, 0.2) is 0 Å². The van der Waals surface area contributed by atoms with Gasteiger partial charge in [-0.15, -0.1) is 0 Å². The summed E-state index contributed by atoms with van der Waals surface area (Å²) >= 11 is 0. The predicted molar refractivity (Wildman–Crippen MR) is 75.1 cm³/mol.